The second kappa shape index (κ2) is 4.76. The van der Waals surface area contributed by atoms with E-state index >= 15 is 0 Å². The number of rotatable bonds is 2. The molecule has 3 unspecified atom stereocenters. The zero-order chi connectivity index (χ0) is 12.7. The third-order valence-corrected chi connectivity index (χ3v) is 5.67. The van der Waals surface area contributed by atoms with Crippen molar-refractivity contribution in [1.82, 2.24) is 9.80 Å². The average Bonchev–Trinajstić information content (AvgIpc) is 3.01. The van der Waals surface area contributed by atoms with Gasteiger partial charge in [-0.2, -0.15) is 11.8 Å². The molecule has 0 N–H and O–H groups in total. The van der Waals surface area contributed by atoms with E-state index in [1.54, 1.807) is 4.90 Å². The molecule has 3 fully saturated rings. The Kier molecular flexibility index (Phi) is 3.26. The molecule has 0 aromatic rings. The summed E-state index contributed by atoms with van der Waals surface area (Å²) in [6.07, 6.45) is 7.28. The van der Waals surface area contributed by atoms with Crippen LogP contribution in [0.2, 0.25) is 0 Å². The van der Waals surface area contributed by atoms with Gasteiger partial charge >= 0.3 is 0 Å². The first-order chi connectivity index (χ1) is 8.70. The number of nitrogens with zero attached hydrogens (tertiary/aromatic N) is 2. The van der Waals surface area contributed by atoms with E-state index in [2.05, 4.69) is 6.26 Å². The molecule has 0 aromatic carbocycles. The van der Waals surface area contributed by atoms with E-state index in [-0.39, 0.29) is 17.9 Å². The van der Waals surface area contributed by atoms with Gasteiger partial charge in [-0.1, -0.05) is 0 Å². The van der Waals surface area contributed by atoms with E-state index in [0.717, 1.165) is 32.2 Å². The van der Waals surface area contributed by atoms with Crippen molar-refractivity contribution in [2.24, 2.45) is 0 Å². The zero-order valence-corrected chi connectivity index (χ0v) is 11.6. The van der Waals surface area contributed by atoms with Gasteiger partial charge in [-0.05, 0) is 38.4 Å². The number of amides is 2. The molecule has 2 amide bonds. The Balaban J connectivity index is 1.73. The van der Waals surface area contributed by atoms with Crippen LogP contribution >= 0.6 is 11.8 Å². The summed E-state index contributed by atoms with van der Waals surface area (Å²) in [5.74, 6) is 0.364. The van der Waals surface area contributed by atoms with Crippen LogP contribution in [0.25, 0.3) is 0 Å². The number of hydrogen-bond acceptors (Lipinski definition) is 3. The number of hydrogen-bond donors (Lipinski definition) is 0. The SMILES string of the molecule is CSC1CCC(N2CC(=O)N3CCCC3C2=O)C1. The molecule has 3 aliphatic rings. The summed E-state index contributed by atoms with van der Waals surface area (Å²) in [5, 5.41) is 0.666. The summed E-state index contributed by atoms with van der Waals surface area (Å²) in [7, 11) is 0. The molecule has 1 saturated carbocycles. The van der Waals surface area contributed by atoms with Crippen LogP contribution < -0.4 is 0 Å². The monoisotopic (exact) mass is 268 g/mol. The molecule has 2 aliphatic heterocycles. The van der Waals surface area contributed by atoms with Crippen molar-refractivity contribution in [3.8, 4) is 0 Å². The van der Waals surface area contributed by atoms with Crippen molar-refractivity contribution < 1.29 is 9.59 Å². The molecule has 1 aliphatic carbocycles. The minimum Gasteiger partial charge on any atom is -0.329 e. The lowest BCUT2D eigenvalue weighted by Crippen LogP contribution is -2.59. The highest BCUT2D eigenvalue weighted by Gasteiger charge is 2.45. The molecule has 0 aromatic heterocycles. The zero-order valence-electron chi connectivity index (χ0n) is 10.8. The van der Waals surface area contributed by atoms with E-state index in [4.69, 9.17) is 0 Å². The van der Waals surface area contributed by atoms with Crippen molar-refractivity contribution in [2.75, 3.05) is 19.3 Å². The van der Waals surface area contributed by atoms with E-state index in [1.807, 2.05) is 16.7 Å². The Morgan fingerprint density at radius 1 is 1.17 bits per heavy atom. The third kappa shape index (κ3) is 1.92. The van der Waals surface area contributed by atoms with Gasteiger partial charge < -0.3 is 9.80 Å². The average molecular weight is 268 g/mol. The first-order valence-corrected chi connectivity index (χ1v) is 8.12. The quantitative estimate of drug-likeness (QED) is 0.753. The molecule has 2 saturated heterocycles. The highest BCUT2D eigenvalue weighted by molar-refractivity contribution is 7.99. The number of carbonyl (C=O) groups is 2. The van der Waals surface area contributed by atoms with Crippen LogP contribution in [0.3, 0.4) is 0 Å². The second-order valence-corrected chi connectivity index (χ2v) is 6.67. The molecule has 100 valence electrons. The van der Waals surface area contributed by atoms with Gasteiger partial charge in [-0.15, -0.1) is 0 Å². The lowest BCUT2D eigenvalue weighted by molar-refractivity contribution is -0.155. The van der Waals surface area contributed by atoms with Crippen molar-refractivity contribution in [1.29, 1.82) is 0 Å². The van der Waals surface area contributed by atoms with Crippen LogP contribution in [-0.2, 0) is 9.59 Å². The fourth-order valence-electron chi connectivity index (χ4n) is 3.55. The number of carbonyl (C=O) groups excluding carboxylic acids is 2. The van der Waals surface area contributed by atoms with Crippen molar-refractivity contribution in [2.45, 2.75) is 49.4 Å². The fourth-order valence-corrected chi connectivity index (χ4v) is 4.34. The molecule has 2 heterocycles. The highest BCUT2D eigenvalue weighted by atomic mass is 32.2. The van der Waals surface area contributed by atoms with Crippen LogP contribution in [0.4, 0.5) is 0 Å². The number of piperazine rings is 1. The van der Waals surface area contributed by atoms with Gasteiger partial charge in [0.2, 0.25) is 11.8 Å². The molecule has 0 radical (unpaired) electrons. The molecular formula is C13H20N2O2S. The lowest BCUT2D eigenvalue weighted by atomic mass is 10.1. The van der Waals surface area contributed by atoms with Gasteiger partial charge in [0.15, 0.2) is 0 Å². The lowest BCUT2D eigenvalue weighted by Gasteiger charge is -2.39. The van der Waals surface area contributed by atoms with Gasteiger partial charge in [-0.25, -0.2) is 0 Å². The highest BCUT2D eigenvalue weighted by Crippen LogP contribution is 2.34. The van der Waals surface area contributed by atoms with Crippen LogP contribution in [-0.4, -0.2) is 58.3 Å². The summed E-state index contributed by atoms with van der Waals surface area (Å²) < 4.78 is 0. The largest absolute Gasteiger partial charge is 0.329 e. The molecule has 4 nitrogen and oxygen atoms in total. The van der Waals surface area contributed by atoms with Gasteiger partial charge in [0.25, 0.3) is 0 Å². The third-order valence-electron chi connectivity index (χ3n) is 4.58. The molecule has 5 heteroatoms. The smallest absolute Gasteiger partial charge is 0.246 e. The maximum absolute atomic E-state index is 12.5. The maximum atomic E-state index is 12.5. The summed E-state index contributed by atoms with van der Waals surface area (Å²) in [6, 6.07) is 0.168. The molecule has 0 spiro atoms. The Morgan fingerprint density at radius 3 is 2.72 bits per heavy atom. The first kappa shape index (κ1) is 12.3. The Labute approximate surface area is 112 Å². The number of fused-ring (bicyclic) bond motifs is 1. The first-order valence-electron chi connectivity index (χ1n) is 6.83. The van der Waals surface area contributed by atoms with Crippen LogP contribution in [0.15, 0.2) is 0 Å². The van der Waals surface area contributed by atoms with Gasteiger partial charge in [0.05, 0.1) is 0 Å². The Morgan fingerprint density at radius 2 is 2.00 bits per heavy atom. The summed E-state index contributed by atoms with van der Waals surface area (Å²) in [6.45, 7) is 1.10. The van der Waals surface area contributed by atoms with E-state index < -0.39 is 0 Å². The van der Waals surface area contributed by atoms with Crippen LogP contribution in [0.1, 0.15) is 32.1 Å². The van der Waals surface area contributed by atoms with Crippen molar-refractivity contribution in [3.05, 3.63) is 0 Å². The second-order valence-electron chi connectivity index (χ2n) is 5.54. The summed E-state index contributed by atoms with van der Waals surface area (Å²) in [4.78, 5) is 28.2. The van der Waals surface area contributed by atoms with E-state index in [0.29, 0.717) is 17.8 Å². The predicted molar refractivity (Wildman–Crippen MR) is 71.4 cm³/mol. The Hall–Kier alpha value is -0.710. The summed E-state index contributed by atoms with van der Waals surface area (Å²) >= 11 is 1.89. The molecule has 3 rings (SSSR count). The van der Waals surface area contributed by atoms with Gasteiger partial charge in [-0.3, -0.25) is 9.59 Å². The van der Waals surface area contributed by atoms with Crippen LogP contribution in [0.5, 0.6) is 0 Å². The predicted octanol–water partition coefficient (Wildman–Crippen LogP) is 1.10. The van der Waals surface area contributed by atoms with Crippen molar-refractivity contribution in [3.63, 3.8) is 0 Å². The topological polar surface area (TPSA) is 40.6 Å². The van der Waals surface area contributed by atoms with E-state index in [1.165, 1.54) is 6.42 Å². The van der Waals surface area contributed by atoms with Crippen molar-refractivity contribution >= 4 is 23.6 Å². The number of thioether (sulfide) groups is 1. The molecular weight excluding hydrogens is 248 g/mol. The Bertz CT molecular complexity index is 374. The van der Waals surface area contributed by atoms with Crippen LogP contribution in [0, 0.1) is 0 Å². The fraction of sp³-hybridized carbons (Fsp3) is 0.846. The standard InChI is InChI=1S/C13H20N2O2S/c1-18-10-5-4-9(7-10)15-8-12(16)14-6-2-3-11(14)13(15)17/h9-11H,2-8H2,1H3. The molecule has 18 heavy (non-hydrogen) atoms. The van der Waals surface area contributed by atoms with Gasteiger partial charge in [0, 0.05) is 17.8 Å². The molecule has 0 bridgehead atoms. The summed E-state index contributed by atoms with van der Waals surface area (Å²) in [5.41, 5.74) is 0. The minimum absolute atomic E-state index is 0.139. The molecule has 3 atom stereocenters. The van der Waals surface area contributed by atoms with E-state index in [9.17, 15) is 9.59 Å². The normalized spacial score (nSPS) is 36.4. The van der Waals surface area contributed by atoms with Gasteiger partial charge in [0.1, 0.15) is 12.6 Å². The maximum Gasteiger partial charge on any atom is 0.246 e. The minimum atomic E-state index is -0.139.